The summed E-state index contributed by atoms with van der Waals surface area (Å²) in [4.78, 5) is 11.7. The number of aromatic nitrogens is 1. The summed E-state index contributed by atoms with van der Waals surface area (Å²) in [5.74, 6) is 0. The van der Waals surface area contributed by atoms with Crippen LogP contribution in [0.4, 0.5) is 0 Å². The minimum atomic E-state index is 1.13. The van der Waals surface area contributed by atoms with Gasteiger partial charge in [-0.15, -0.1) is 56.7 Å². The van der Waals surface area contributed by atoms with Crippen LogP contribution in [0.3, 0.4) is 0 Å². The molecule has 0 saturated carbocycles. The second-order valence-corrected chi connectivity index (χ2v) is 18.8. The number of aryl methyl sites for hydroxylation is 5. The van der Waals surface area contributed by atoms with Crippen molar-refractivity contribution in [2.75, 3.05) is 0 Å². The quantitative estimate of drug-likeness (QED) is 0.0785. The third-order valence-corrected chi connectivity index (χ3v) is 15.6. The highest BCUT2D eigenvalue weighted by atomic mass is 32.1. The molecule has 0 aliphatic heterocycles. The second-order valence-electron chi connectivity index (χ2n) is 13.1. The SMILES string of the molecule is CCCCCCc1cc(-c2ccc(-c3cc(CCCCCC)c(-c4cc5c(s4)c4sc(C)cc4n5CCCCCC)s3)s2)sc1C. The Kier molecular flexibility index (Phi) is 12.0. The van der Waals surface area contributed by atoms with Gasteiger partial charge in [0.15, 0.2) is 0 Å². The molecule has 0 spiro atoms. The van der Waals surface area contributed by atoms with Crippen molar-refractivity contribution in [1.29, 1.82) is 0 Å². The first-order valence-electron chi connectivity index (χ1n) is 17.9. The van der Waals surface area contributed by atoms with Crippen molar-refractivity contribution in [2.45, 2.75) is 131 Å². The molecule has 0 amide bonds. The Morgan fingerprint density at radius 1 is 0.500 bits per heavy atom. The fraction of sp³-hybridized carbons (Fsp3) is 0.500. The largest absolute Gasteiger partial charge is 0.339 e. The summed E-state index contributed by atoms with van der Waals surface area (Å²) in [5.41, 5.74) is 6.04. The van der Waals surface area contributed by atoms with Gasteiger partial charge in [0.25, 0.3) is 0 Å². The van der Waals surface area contributed by atoms with Gasteiger partial charge in [0.1, 0.15) is 0 Å². The van der Waals surface area contributed by atoms with Crippen molar-refractivity contribution in [3.05, 3.63) is 57.3 Å². The van der Waals surface area contributed by atoms with Crippen molar-refractivity contribution in [2.24, 2.45) is 0 Å². The monoisotopic (exact) mass is 705 g/mol. The number of rotatable bonds is 18. The first kappa shape index (κ1) is 34.2. The smallest absolute Gasteiger partial charge is 0.0707 e. The van der Waals surface area contributed by atoms with E-state index in [0.717, 1.165) is 6.54 Å². The molecule has 6 aromatic rings. The van der Waals surface area contributed by atoms with Crippen molar-refractivity contribution >= 4 is 77.1 Å². The standard InChI is InChI=1S/C40H51NS5/c1-6-9-12-15-18-29-24-35(43-28(29)5)33-20-21-34(44-33)36-25-30(19-16-13-10-7-2)38(45-36)37-26-32-40(46-37)39-31(23-27(4)42-39)41(32)22-17-14-11-8-3/h20-21,23-26H,6-19,22H2,1-5H3. The lowest BCUT2D eigenvalue weighted by molar-refractivity contribution is 0.602. The fourth-order valence-electron chi connectivity index (χ4n) is 6.71. The highest BCUT2D eigenvalue weighted by Gasteiger charge is 2.21. The maximum absolute atomic E-state index is 2.64. The minimum absolute atomic E-state index is 1.13. The van der Waals surface area contributed by atoms with Crippen LogP contribution in [0.25, 0.3) is 49.7 Å². The number of unbranched alkanes of at least 4 members (excludes halogenated alkanes) is 9. The number of hydrogen-bond acceptors (Lipinski definition) is 5. The van der Waals surface area contributed by atoms with E-state index in [9.17, 15) is 0 Å². The Hall–Kier alpha value is -1.70. The maximum atomic E-state index is 2.64. The lowest BCUT2D eigenvalue weighted by atomic mass is 10.1. The topological polar surface area (TPSA) is 4.93 Å². The second kappa shape index (κ2) is 16.1. The van der Waals surface area contributed by atoms with Gasteiger partial charge in [0.2, 0.25) is 0 Å². The normalized spacial score (nSPS) is 12.0. The minimum Gasteiger partial charge on any atom is -0.339 e. The molecule has 0 aliphatic rings. The van der Waals surface area contributed by atoms with E-state index in [2.05, 4.69) is 75.6 Å². The molecule has 0 N–H and O–H groups in total. The number of fused-ring (bicyclic) bond motifs is 3. The average molecular weight is 706 g/mol. The molecule has 0 radical (unpaired) electrons. The summed E-state index contributed by atoms with van der Waals surface area (Å²) in [7, 11) is 0. The van der Waals surface area contributed by atoms with E-state index in [0.29, 0.717) is 0 Å². The Bertz CT molecular complexity index is 1850. The van der Waals surface area contributed by atoms with Gasteiger partial charge in [-0.25, -0.2) is 0 Å². The molecule has 0 aliphatic carbocycles. The van der Waals surface area contributed by atoms with Crippen LogP contribution >= 0.6 is 56.7 Å². The van der Waals surface area contributed by atoms with E-state index in [1.807, 2.05) is 56.7 Å². The number of thiophene rings is 5. The zero-order chi connectivity index (χ0) is 32.0. The van der Waals surface area contributed by atoms with Gasteiger partial charge < -0.3 is 4.57 Å². The van der Waals surface area contributed by atoms with Gasteiger partial charge in [-0.3, -0.25) is 0 Å². The van der Waals surface area contributed by atoms with Crippen molar-refractivity contribution in [1.82, 2.24) is 4.57 Å². The van der Waals surface area contributed by atoms with Gasteiger partial charge in [-0.2, -0.15) is 0 Å². The van der Waals surface area contributed by atoms with Gasteiger partial charge >= 0.3 is 0 Å². The van der Waals surface area contributed by atoms with E-state index in [1.54, 1.807) is 11.1 Å². The van der Waals surface area contributed by atoms with Crippen LogP contribution in [0.1, 0.15) is 119 Å². The molecule has 0 unspecified atom stereocenters. The summed E-state index contributed by atoms with van der Waals surface area (Å²) in [5, 5.41) is 0. The Morgan fingerprint density at radius 3 is 1.78 bits per heavy atom. The molecule has 6 rings (SSSR count). The lowest BCUT2D eigenvalue weighted by Crippen LogP contribution is -1.96. The highest BCUT2D eigenvalue weighted by molar-refractivity contribution is 7.32. The summed E-state index contributed by atoms with van der Waals surface area (Å²) in [6.45, 7) is 12.6. The van der Waals surface area contributed by atoms with Crippen LogP contribution in [-0.2, 0) is 19.4 Å². The summed E-state index contributed by atoms with van der Waals surface area (Å²) in [6, 6.07) is 14.8. The summed E-state index contributed by atoms with van der Waals surface area (Å²) >= 11 is 10.1. The third-order valence-electron chi connectivity index (χ3n) is 9.32. The fourth-order valence-corrected chi connectivity index (χ4v) is 12.6. The van der Waals surface area contributed by atoms with Crippen LogP contribution in [-0.4, -0.2) is 4.57 Å². The van der Waals surface area contributed by atoms with Crippen LogP contribution in [0.15, 0.2) is 36.4 Å². The average Bonchev–Trinajstić information content (AvgIpc) is 3.88. The van der Waals surface area contributed by atoms with Crippen LogP contribution in [0.5, 0.6) is 0 Å². The molecule has 46 heavy (non-hydrogen) atoms. The Labute approximate surface area is 297 Å². The van der Waals surface area contributed by atoms with Crippen molar-refractivity contribution in [3.63, 3.8) is 0 Å². The van der Waals surface area contributed by atoms with Crippen LogP contribution in [0.2, 0.25) is 0 Å². The van der Waals surface area contributed by atoms with Gasteiger partial charge in [0, 0.05) is 45.6 Å². The van der Waals surface area contributed by atoms with Crippen molar-refractivity contribution < 1.29 is 0 Å². The molecule has 246 valence electrons. The highest BCUT2D eigenvalue weighted by Crippen LogP contribution is 2.49. The molecule has 0 atom stereocenters. The van der Waals surface area contributed by atoms with Crippen LogP contribution < -0.4 is 0 Å². The van der Waals surface area contributed by atoms with E-state index >= 15 is 0 Å². The van der Waals surface area contributed by atoms with E-state index in [1.165, 1.54) is 149 Å². The van der Waals surface area contributed by atoms with E-state index < -0.39 is 0 Å². The van der Waals surface area contributed by atoms with Crippen LogP contribution in [0, 0.1) is 13.8 Å². The Morgan fingerprint density at radius 2 is 1.09 bits per heavy atom. The molecular weight excluding hydrogens is 655 g/mol. The molecule has 0 aromatic carbocycles. The summed E-state index contributed by atoms with van der Waals surface area (Å²) in [6.07, 6.45) is 18.2. The zero-order valence-electron chi connectivity index (χ0n) is 28.6. The maximum Gasteiger partial charge on any atom is 0.0707 e. The molecular formula is C40H51NS5. The molecule has 0 fully saturated rings. The lowest BCUT2D eigenvalue weighted by Gasteiger charge is -2.06. The van der Waals surface area contributed by atoms with Crippen molar-refractivity contribution in [3.8, 4) is 29.3 Å². The molecule has 1 nitrogen and oxygen atoms in total. The van der Waals surface area contributed by atoms with E-state index in [4.69, 9.17) is 0 Å². The molecule has 6 heterocycles. The predicted octanol–water partition coefficient (Wildman–Crippen LogP) is 15.5. The van der Waals surface area contributed by atoms with Gasteiger partial charge in [0.05, 0.1) is 20.4 Å². The predicted molar refractivity (Wildman–Crippen MR) is 214 cm³/mol. The first-order chi connectivity index (χ1) is 22.5. The molecule has 0 bridgehead atoms. The summed E-state index contributed by atoms with van der Waals surface area (Å²) < 4.78 is 5.65. The van der Waals surface area contributed by atoms with Gasteiger partial charge in [-0.1, -0.05) is 78.6 Å². The molecule has 6 heteroatoms. The zero-order valence-corrected chi connectivity index (χ0v) is 32.6. The number of hydrogen-bond donors (Lipinski definition) is 0. The van der Waals surface area contributed by atoms with Gasteiger partial charge in [-0.05, 0) is 93.5 Å². The third kappa shape index (κ3) is 7.62. The van der Waals surface area contributed by atoms with E-state index in [-0.39, 0.29) is 0 Å². The first-order valence-corrected chi connectivity index (χ1v) is 21.9. The number of nitrogens with zero attached hydrogens (tertiary/aromatic N) is 1. The Balaban J connectivity index is 1.31. The molecule has 6 aromatic heterocycles. The molecule has 0 saturated heterocycles.